The zero-order valence-electron chi connectivity index (χ0n) is 19.5. The number of hydrogen-bond donors (Lipinski definition) is 0. The summed E-state index contributed by atoms with van der Waals surface area (Å²) in [7, 11) is -2.41. The molecule has 0 saturated heterocycles. The van der Waals surface area contributed by atoms with Gasteiger partial charge < -0.3 is 0 Å². The Morgan fingerprint density at radius 2 is 1.38 bits per heavy atom. The van der Waals surface area contributed by atoms with Gasteiger partial charge in [0.1, 0.15) is 0 Å². The third kappa shape index (κ3) is 2.96. The number of hydrogen-bond acceptors (Lipinski definition) is 1. The van der Waals surface area contributed by atoms with Crippen LogP contribution in [0, 0.1) is 6.92 Å². The van der Waals surface area contributed by atoms with Gasteiger partial charge in [-0.2, -0.15) is 0 Å². The predicted molar refractivity (Wildman–Crippen MR) is 154 cm³/mol. The van der Waals surface area contributed by atoms with E-state index in [0.29, 0.717) is 0 Å². The second-order valence-electron chi connectivity index (χ2n) is 9.11. The van der Waals surface area contributed by atoms with Gasteiger partial charge in [-0.1, -0.05) is 109 Å². The zero-order valence-corrected chi connectivity index (χ0v) is 21.3. The molecule has 2 heterocycles. The molecule has 34 heavy (non-hydrogen) atoms. The van der Waals surface area contributed by atoms with E-state index in [4.69, 9.17) is 0 Å². The first kappa shape index (κ1) is 21.1. The Bertz CT molecular complexity index is 1580. The number of allylic oxidation sites excluding steroid dienone is 5. The average Bonchev–Trinajstić information content (AvgIpc) is 3.33. The van der Waals surface area contributed by atoms with E-state index in [2.05, 4.69) is 124 Å². The summed E-state index contributed by atoms with van der Waals surface area (Å²) in [6.07, 6.45) is 6.24. The highest BCUT2D eigenvalue weighted by atomic mass is 32.1. The van der Waals surface area contributed by atoms with E-state index >= 15 is 0 Å². The first-order chi connectivity index (χ1) is 16.6. The molecule has 1 aliphatic heterocycles. The van der Waals surface area contributed by atoms with Gasteiger partial charge in [-0.15, -0.1) is 11.3 Å². The molecule has 164 valence electrons. The monoisotopic (exact) mass is 470 g/mol. The summed E-state index contributed by atoms with van der Waals surface area (Å²) in [5.41, 5.74) is 4.05. The largest absolute Gasteiger partial charge is 0.176 e. The molecule has 4 aromatic carbocycles. The standard InChI is InChI=1S/C32H26SSi/c1-4-5-16-26-23(3)34(24-12-8-6-9-13-24,25-14-10-7-11-15-25)32-21-28-27-18-17-22(2)19-30(27)33-31(28)20-29(26)32/h4-21H,1H2,2-3H3/b16-5-. The maximum absolute atomic E-state index is 3.95. The Balaban J connectivity index is 1.79. The van der Waals surface area contributed by atoms with E-state index in [1.807, 2.05) is 17.4 Å². The zero-order chi connectivity index (χ0) is 23.3. The van der Waals surface area contributed by atoms with Crippen molar-refractivity contribution in [2.24, 2.45) is 0 Å². The van der Waals surface area contributed by atoms with Crippen LogP contribution in [0.25, 0.3) is 25.7 Å². The van der Waals surface area contributed by atoms with Gasteiger partial charge in [0.15, 0.2) is 8.07 Å². The van der Waals surface area contributed by atoms with E-state index in [1.54, 1.807) is 0 Å². The molecule has 2 heteroatoms. The van der Waals surface area contributed by atoms with Crippen molar-refractivity contribution in [1.82, 2.24) is 0 Å². The third-order valence-electron chi connectivity index (χ3n) is 7.24. The van der Waals surface area contributed by atoms with Crippen molar-refractivity contribution in [2.75, 3.05) is 0 Å². The molecule has 1 aromatic heterocycles. The molecular formula is C32H26SSi. The summed E-state index contributed by atoms with van der Waals surface area (Å²) < 4.78 is 2.73. The van der Waals surface area contributed by atoms with Crippen LogP contribution >= 0.6 is 11.3 Å². The summed E-state index contributed by atoms with van der Waals surface area (Å²) in [5.74, 6) is 0. The van der Waals surface area contributed by atoms with Gasteiger partial charge >= 0.3 is 0 Å². The minimum Gasteiger partial charge on any atom is -0.135 e. The number of rotatable bonds is 4. The number of aryl methyl sites for hydroxylation is 1. The molecule has 0 bridgehead atoms. The highest BCUT2D eigenvalue weighted by molar-refractivity contribution is 7.26. The quantitative estimate of drug-likeness (QED) is 0.198. The van der Waals surface area contributed by atoms with Crippen LogP contribution in [0.3, 0.4) is 0 Å². The number of thiophene rings is 1. The highest BCUT2D eigenvalue weighted by Crippen LogP contribution is 2.40. The molecule has 1 aliphatic rings. The first-order valence-corrected chi connectivity index (χ1v) is 14.6. The summed E-state index contributed by atoms with van der Waals surface area (Å²) in [5, 5.41) is 8.62. The van der Waals surface area contributed by atoms with Crippen LogP contribution in [0.5, 0.6) is 0 Å². The molecule has 0 spiro atoms. The molecule has 0 atom stereocenters. The van der Waals surface area contributed by atoms with Crippen LogP contribution in [0.2, 0.25) is 0 Å². The Labute approximate surface area is 206 Å². The molecule has 0 unspecified atom stereocenters. The van der Waals surface area contributed by atoms with Crippen LogP contribution in [-0.4, -0.2) is 8.07 Å². The maximum atomic E-state index is 3.95. The van der Waals surface area contributed by atoms with Crippen LogP contribution in [-0.2, 0) is 0 Å². The lowest BCUT2D eigenvalue weighted by Gasteiger charge is -2.32. The van der Waals surface area contributed by atoms with Crippen LogP contribution < -0.4 is 15.6 Å². The fourth-order valence-corrected chi connectivity index (χ4v) is 12.2. The number of fused-ring (bicyclic) bond motifs is 4. The Hall–Kier alpha value is -3.46. The van der Waals surface area contributed by atoms with Gasteiger partial charge in [0.05, 0.1) is 0 Å². The Morgan fingerprint density at radius 1 is 0.735 bits per heavy atom. The van der Waals surface area contributed by atoms with Crippen molar-refractivity contribution in [1.29, 1.82) is 0 Å². The van der Waals surface area contributed by atoms with Gasteiger partial charge in [0.2, 0.25) is 0 Å². The highest BCUT2D eigenvalue weighted by Gasteiger charge is 2.48. The van der Waals surface area contributed by atoms with Gasteiger partial charge in [0, 0.05) is 20.2 Å². The second kappa shape index (κ2) is 8.09. The Kier molecular flexibility index (Phi) is 5.02. The van der Waals surface area contributed by atoms with E-state index in [0.717, 1.165) is 0 Å². The lowest BCUT2D eigenvalue weighted by atomic mass is 10.0. The van der Waals surface area contributed by atoms with Gasteiger partial charge in [-0.3, -0.25) is 0 Å². The Morgan fingerprint density at radius 3 is 2.03 bits per heavy atom. The fourth-order valence-electron chi connectivity index (χ4n) is 5.73. The summed E-state index contributed by atoms with van der Waals surface area (Å²) in [6.45, 7) is 8.49. The summed E-state index contributed by atoms with van der Waals surface area (Å²) >= 11 is 1.91. The predicted octanol–water partition coefficient (Wildman–Crippen LogP) is 6.90. The molecule has 0 nitrogen and oxygen atoms in total. The summed E-state index contributed by atoms with van der Waals surface area (Å²) in [4.78, 5) is 0. The number of benzene rings is 4. The third-order valence-corrected chi connectivity index (χ3v) is 13.4. The fraction of sp³-hybridized carbons (Fsp3) is 0.0625. The van der Waals surface area contributed by atoms with Crippen LogP contribution in [0.15, 0.2) is 121 Å². The molecule has 0 aliphatic carbocycles. The molecule has 5 aromatic rings. The first-order valence-electron chi connectivity index (χ1n) is 11.7. The van der Waals surface area contributed by atoms with Gasteiger partial charge in [-0.25, -0.2) is 0 Å². The molecule has 0 amide bonds. The minimum absolute atomic E-state index is 1.31. The van der Waals surface area contributed by atoms with Gasteiger partial charge in [0.25, 0.3) is 0 Å². The van der Waals surface area contributed by atoms with Crippen molar-refractivity contribution in [3.05, 3.63) is 132 Å². The van der Waals surface area contributed by atoms with Crippen molar-refractivity contribution in [3.8, 4) is 0 Å². The van der Waals surface area contributed by atoms with Crippen molar-refractivity contribution in [2.45, 2.75) is 13.8 Å². The van der Waals surface area contributed by atoms with E-state index in [-0.39, 0.29) is 0 Å². The van der Waals surface area contributed by atoms with Crippen molar-refractivity contribution < 1.29 is 0 Å². The van der Waals surface area contributed by atoms with Crippen molar-refractivity contribution in [3.63, 3.8) is 0 Å². The maximum Gasteiger partial charge on any atom is 0.176 e. The topological polar surface area (TPSA) is 0 Å². The van der Waals surface area contributed by atoms with Gasteiger partial charge in [-0.05, 0) is 58.2 Å². The smallest absolute Gasteiger partial charge is 0.135 e. The van der Waals surface area contributed by atoms with E-state index in [9.17, 15) is 0 Å². The second-order valence-corrected chi connectivity index (χ2v) is 14.1. The van der Waals surface area contributed by atoms with Crippen LogP contribution in [0.4, 0.5) is 0 Å². The molecule has 0 fully saturated rings. The average molecular weight is 471 g/mol. The molecule has 0 radical (unpaired) electrons. The lowest BCUT2D eigenvalue weighted by Crippen LogP contribution is -2.67. The van der Waals surface area contributed by atoms with E-state index in [1.165, 1.54) is 57.6 Å². The van der Waals surface area contributed by atoms with E-state index < -0.39 is 8.07 Å². The minimum atomic E-state index is -2.41. The molecule has 6 rings (SSSR count). The SMILES string of the molecule is C=C/C=C\C1=C(C)[Si](c2ccccc2)(c2ccccc2)c2cc3c(cc21)sc1cc(C)ccc13. The molecule has 0 saturated carbocycles. The molecule has 0 N–H and O–H groups in total. The van der Waals surface area contributed by atoms with Crippen molar-refractivity contribution >= 4 is 60.7 Å². The summed E-state index contributed by atoms with van der Waals surface area (Å²) in [6, 6.07) is 34.2. The normalized spacial score (nSPS) is 14.9. The molecular weight excluding hydrogens is 445 g/mol. The van der Waals surface area contributed by atoms with Crippen LogP contribution in [0.1, 0.15) is 18.1 Å². The lowest BCUT2D eigenvalue weighted by molar-refractivity contribution is 1.52.